The Bertz CT molecular complexity index is 883. The third-order valence-corrected chi connectivity index (χ3v) is 4.05. The lowest BCUT2D eigenvalue weighted by Gasteiger charge is -2.19. The Hall–Kier alpha value is -3.12. The number of rotatable bonds is 9. The molecule has 0 saturated heterocycles. The second-order valence-corrected chi connectivity index (χ2v) is 6.49. The summed E-state index contributed by atoms with van der Waals surface area (Å²) >= 11 is 0. The Labute approximate surface area is 175 Å². The second kappa shape index (κ2) is 10.8. The van der Waals surface area contributed by atoms with Crippen molar-refractivity contribution >= 4 is 18.9 Å². The van der Waals surface area contributed by atoms with Gasteiger partial charge in [0.05, 0.1) is 5.94 Å². The number of hydrogen-bond acceptors (Lipinski definition) is 5. The van der Waals surface area contributed by atoms with Crippen LogP contribution in [0.25, 0.3) is 0 Å². The molecule has 2 aromatic carbocycles. The molecule has 0 fully saturated rings. The lowest BCUT2D eigenvalue weighted by atomic mass is 9.76. The Morgan fingerprint density at radius 3 is 2.26 bits per heavy atom. The highest BCUT2D eigenvalue weighted by Gasteiger charge is 2.33. The number of alkyl halides is 4. The molecule has 12 heteroatoms. The van der Waals surface area contributed by atoms with Crippen molar-refractivity contribution in [1.82, 2.24) is 10.6 Å². The van der Waals surface area contributed by atoms with Crippen molar-refractivity contribution in [3.8, 4) is 5.75 Å². The molecule has 0 aliphatic carbocycles. The van der Waals surface area contributed by atoms with E-state index in [-0.39, 0.29) is 18.5 Å². The number of benzene rings is 2. The normalized spacial score (nSPS) is 13.1. The smallest absolute Gasteiger partial charge is 0.426 e. The second-order valence-electron chi connectivity index (χ2n) is 6.49. The predicted octanol–water partition coefficient (Wildman–Crippen LogP) is 1.28. The first-order chi connectivity index (χ1) is 14.5. The van der Waals surface area contributed by atoms with E-state index >= 15 is 0 Å². The minimum absolute atomic E-state index is 0.0232. The maximum atomic E-state index is 14.2. The van der Waals surface area contributed by atoms with Gasteiger partial charge in [0, 0.05) is 6.54 Å². The van der Waals surface area contributed by atoms with Crippen LogP contribution in [0.4, 0.5) is 17.6 Å². The average Bonchev–Trinajstić information content (AvgIpc) is 2.70. The van der Waals surface area contributed by atoms with E-state index in [2.05, 4.69) is 15.4 Å². The molecule has 7 nitrogen and oxygen atoms in total. The van der Waals surface area contributed by atoms with Gasteiger partial charge in [-0.25, -0.2) is 4.39 Å². The van der Waals surface area contributed by atoms with Gasteiger partial charge in [-0.3, -0.25) is 9.59 Å². The number of amides is 2. The van der Waals surface area contributed by atoms with Gasteiger partial charge in [0.25, 0.3) is 18.0 Å². The molecule has 0 saturated carbocycles. The highest BCUT2D eigenvalue weighted by molar-refractivity contribution is 6.43. The standard InChI is InChI=1S/C19H19BF4N2O5/c21-16(18(28)26-15(20(29)30)10-12-5-2-1-3-6-12)17(27)25-11-13-7-4-8-14(9-13)31-19(22,23)24/h1-9,15-16,29-30H,10-11H2,(H,25,27)(H,26,28). The van der Waals surface area contributed by atoms with Crippen LogP contribution < -0.4 is 15.4 Å². The van der Waals surface area contributed by atoms with Crippen LogP contribution in [0.3, 0.4) is 0 Å². The lowest BCUT2D eigenvalue weighted by Crippen LogP contribution is -2.52. The summed E-state index contributed by atoms with van der Waals surface area (Å²) in [6.45, 7) is -0.363. The Morgan fingerprint density at radius 2 is 1.65 bits per heavy atom. The van der Waals surface area contributed by atoms with Crippen molar-refractivity contribution in [2.24, 2.45) is 0 Å². The number of carbonyl (C=O) groups excluding carboxylic acids is 2. The minimum Gasteiger partial charge on any atom is -0.426 e. The summed E-state index contributed by atoms with van der Waals surface area (Å²) in [7, 11) is -2.00. The monoisotopic (exact) mass is 442 g/mol. The van der Waals surface area contributed by atoms with Gasteiger partial charge < -0.3 is 25.4 Å². The molecular formula is C19H19BF4N2O5. The van der Waals surface area contributed by atoms with Crippen molar-refractivity contribution in [3.63, 3.8) is 0 Å². The van der Waals surface area contributed by atoms with Crippen LogP contribution in [0.15, 0.2) is 54.6 Å². The molecule has 4 N–H and O–H groups in total. The molecule has 2 atom stereocenters. The van der Waals surface area contributed by atoms with Crippen molar-refractivity contribution in [1.29, 1.82) is 0 Å². The zero-order valence-electron chi connectivity index (χ0n) is 16.0. The number of halogens is 4. The highest BCUT2D eigenvalue weighted by atomic mass is 19.4. The quantitative estimate of drug-likeness (QED) is 0.266. The number of ether oxygens (including phenoxy) is 1. The van der Waals surface area contributed by atoms with E-state index in [0.29, 0.717) is 5.56 Å². The molecule has 2 aromatic rings. The Balaban J connectivity index is 1.91. The van der Waals surface area contributed by atoms with Crippen molar-refractivity contribution in [2.45, 2.75) is 31.4 Å². The van der Waals surface area contributed by atoms with Crippen LogP contribution in [0.5, 0.6) is 5.75 Å². The summed E-state index contributed by atoms with van der Waals surface area (Å²) in [6.07, 6.45) is -7.59. The molecule has 2 unspecified atom stereocenters. The first-order valence-electron chi connectivity index (χ1n) is 9.02. The third kappa shape index (κ3) is 8.26. The van der Waals surface area contributed by atoms with Crippen LogP contribution >= 0.6 is 0 Å². The van der Waals surface area contributed by atoms with Gasteiger partial charge in [0.15, 0.2) is 0 Å². The molecule has 0 aliphatic heterocycles. The van der Waals surface area contributed by atoms with Crippen molar-refractivity contribution < 1.29 is 41.9 Å². The molecule has 0 aliphatic rings. The zero-order chi connectivity index (χ0) is 23.0. The van der Waals surface area contributed by atoms with Gasteiger partial charge >= 0.3 is 13.5 Å². The van der Waals surface area contributed by atoms with E-state index in [1.165, 1.54) is 12.1 Å². The van der Waals surface area contributed by atoms with Crippen LogP contribution in [-0.4, -0.2) is 47.5 Å². The van der Waals surface area contributed by atoms with E-state index in [4.69, 9.17) is 0 Å². The summed E-state index contributed by atoms with van der Waals surface area (Å²) in [6, 6.07) is 13.1. The fourth-order valence-corrected chi connectivity index (χ4v) is 2.61. The molecule has 166 valence electrons. The zero-order valence-corrected chi connectivity index (χ0v) is 16.0. The van der Waals surface area contributed by atoms with E-state index < -0.39 is 43.2 Å². The fraction of sp³-hybridized carbons (Fsp3) is 0.263. The summed E-state index contributed by atoms with van der Waals surface area (Å²) in [5.41, 5.74) is 0.817. The summed E-state index contributed by atoms with van der Waals surface area (Å²) < 4.78 is 54.7. The van der Waals surface area contributed by atoms with Gasteiger partial charge in [-0.1, -0.05) is 42.5 Å². The number of carbonyl (C=O) groups is 2. The Morgan fingerprint density at radius 1 is 1.00 bits per heavy atom. The van der Waals surface area contributed by atoms with Gasteiger partial charge in [0.2, 0.25) is 0 Å². The first kappa shape index (κ1) is 24.2. The van der Waals surface area contributed by atoms with E-state index in [0.717, 1.165) is 12.1 Å². The molecule has 0 radical (unpaired) electrons. The van der Waals surface area contributed by atoms with E-state index in [1.54, 1.807) is 30.3 Å². The molecule has 31 heavy (non-hydrogen) atoms. The van der Waals surface area contributed by atoms with Crippen molar-refractivity contribution in [2.75, 3.05) is 0 Å². The molecule has 0 heterocycles. The van der Waals surface area contributed by atoms with E-state index in [9.17, 15) is 37.2 Å². The van der Waals surface area contributed by atoms with Crippen molar-refractivity contribution in [3.05, 3.63) is 65.7 Å². The molecule has 0 bridgehead atoms. The van der Waals surface area contributed by atoms with Crippen LogP contribution in [0, 0.1) is 0 Å². The summed E-state index contributed by atoms with van der Waals surface area (Å²) in [5, 5.41) is 23.0. The maximum absolute atomic E-state index is 14.2. The molecule has 0 spiro atoms. The number of nitrogens with one attached hydrogen (secondary N) is 2. The summed E-state index contributed by atoms with van der Waals surface area (Å²) in [4.78, 5) is 23.9. The minimum atomic E-state index is -4.89. The highest BCUT2D eigenvalue weighted by Crippen LogP contribution is 2.23. The maximum Gasteiger partial charge on any atom is 0.573 e. The molecular weight excluding hydrogens is 423 g/mol. The number of hydrogen-bond donors (Lipinski definition) is 4. The third-order valence-electron chi connectivity index (χ3n) is 4.05. The average molecular weight is 442 g/mol. The van der Waals surface area contributed by atoms with Gasteiger partial charge in [-0.05, 0) is 29.7 Å². The molecule has 0 aromatic heterocycles. The fourth-order valence-electron chi connectivity index (χ4n) is 2.61. The topological polar surface area (TPSA) is 108 Å². The first-order valence-corrected chi connectivity index (χ1v) is 9.02. The largest absolute Gasteiger partial charge is 0.573 e. The van der Waals surface area contributed by atoms with Gasteiger partial charge in [0.1, 0.15) is 5.75 Å². The van der Waals surface area contributed by atoms with Gasteiger partial charge in [-0.15, -0.1) is 13.2 Å². The Kier molecular flexibility index (Phi) is 8.40. The van der Waals surface area contributed by atoms with Crippen LogP contribution in [0.1, 0.15) is 11.1 Å². The van der Waals surface area contributed by atoms with E-state index in [1.807, 2.05) is 0 Å². The van der Waals surface area contributed by atoms with Gasteiger partial charge in [-0.2, -0.15) is 0 Å². The lowest BCUT2D eigenvalue weighted by molar-refractivity contribution is -0.274. The van der Waals surface area contributed by atoms with Crippen LogP contribution in [-0.2, 0) is 22.6 Å². The van der Waals surface area contributed by atoms with Crippen LogP contribution in [0.2, 0.25) is 0 Å². The molecule has 2 amide bonds. The summed E-state index contributed by atoms with van der Waals surface area (Å²) in [5.74, 6) is -4.52. The molecule has 2 rings (SSSR count). The predicted molar refractivity (Wildman–Crippen MR) is 102 cm³/mol. The SMILES string of the molecule is O=C(NCc1cccc(OC(F)(F)F)c1)C(F)C(=O)NC(Cc1ccccc1)B(O)O.